The molecule has 1 rings (SSSR count). The van der Waals surface area contributed by atoms with Crippen LogP contribution in [0.25, 0.3) is 0 Å². The van der Waals surface area contributed by atoms with E-state index in [9.17, 15) is 0 Å². The van der Waals surface area contributed by atoms with Gasteiger partial charge in [-0.25, -0.2) is 0 Å². The van der Waals surface area contributed by atoms with Gasteiger partial charge < -0.3 is 15.7 Å². The van der Waals surface area contributed by atoms with E-state index in [2.05, 4.69) is 15.6 Å². The van der Waals surface area contributed by atoms with E-state index in [4.69, 9.17) is 5.11 Å². The molecule has 4 nitrogen and oxygen atoms in total. The maximum atomic E-state index is 9.08. The first-order valence-corrected chi connectivity index (χ1v) is 5.27. The predicted octanol–water partition coefficient (Wildman–Crippen LogP) is 0.334. The van der Waals surface area contributed by atoms with Gasteiger partial charge in [-0.3, -0.25) is 4.99 Å². The first-order valence-electron chi connectivity index (χ1n) is 5.27. The van der Waals surface area contributed by atoms with Crippen LogP contribution < -0.4 is 10.6 Å². The zero-order valence-electron chi connectivity index (χ0n) is 9.14. The van der Waals surface area contributed by atoms with Crippen LogP contribution in [0.2, 0.25) is 0 Å². The third-order valence-electron chi connectivity index (χ3n) is 2.31. The smallest absolute Gasteiger partial charge is 0.191 e. The molecule has 1 aliphatic rings. The summed E-state index contributed by atoms with van der Waals surface area (Å²) in [6, 6.07) is 0. The van der Waals surface area contributed by atoms with Gasteiger partial charge in [0.2, 0.25) is 0 Å². The van der Waals surface area contributed by atoms with Crippen molar-refractivity contribution < 1.29 is 5.11 Å². The lowest BCUT2D eigenvalue weighted by atomic mass is 9.95. The third kappa shape index (κ3) is 3.96. The van der Waals surface area contributed by atoms with E-state index in [-0.39, 0.29) is 12.0 Å². The minimum absolute atomic E-state index is 0.0868. The molecule has 0 unspecified atom stereocenters. The molecule has 0 atom stereocenters. The number of aliphatic hydroxyl groups excluding tert-OH is 1. The van der Waals surface area contributed by atoms with Crippen molar-refractivity contribution in [2.24, 2.45) is 10.4 Å². The molecular formula is C10H21N3O. The van der Waals surface area contributed by atoms with Crippen LogP contribution in [0.15, 0.2) is 4.99 Å². The Labute approximate surface area is 85.8 Å². The Morgan fingerprint density at radius 2 is 2.29 bits per heavy atom. The van der Waals surface area contributed by atoms with E-state index >= 15 is 0 Å². The van der Waals surface area contributed by atoms with Gasteiger partial charge in [0.15, 0.2) is 5.96 Å². The summed E-state index contributed by atoms with van der Waals surface area (Å²) in [7, 11) is 0. The van der Waals surface area contributed by atoms with Crippen LogP contribution in [0, 0.1) is 5.41 Å². The number of nitrogens with zero attached hydrogens (tertiary/aromatic N) is 1. The second-order valence-corrected chi connectivity index (χ2v) is 4.54. The largest absolute Gasteiger partial charge is 0.396 e. The van der Waals surface area contributed by atoms with Gasteiger partial charge in [-0.15, -0.1) is 0 Å². The molecule has 3 N–H and O–H groups in total. The molecule has 0 aromatic rings. The lowest BCUT2D eigenvalue weighted by Gasteiger charge is -2.23. The molecule has 0 radical (unpaired) electrons. The fourth-order valence-corrected chi connectivity index (χ4v) is 1.19. The zero-order chi connectivity index (χ0) is 10.4. The Morgan fingerprint density at radius 1 is 1.50 bits per heavy atom. The monoisotopic (exact) mass is 199 g/mol. The third-order valence-corrected chi connectivity index (χ3v) is 2.31. The SMILES string of the molecule is CC(C)(CO)CNC1=NCCCCN1. The van der Waals surface area contributed by atoms with E-state index in [0.717, 1.165) is 32.0 Å². The Bertz CT molecular complexity index is 202. The highest BCUT2D eigenvalue weighted by molar-refractivity contribution is 5.79. The van der Waals surface area contributed by atoms with Crippen LogP contribution in [-0.4, -0.2) is 37.3 Å². The summed E-state index contributed by atoms with van der Waals surface area (Å²) in [5, 5.41) is 15.5. The van der Waals surface area contributed by atoms with Crippen molar-refractivity contribution in [1.29, 1.82) is 0 Å². The fourth-order valence-electron chi connectivity index (χ4n) is 1.19. The molecule has 14 heavy (non-hydrogen) atoms. The van der Waals surface area contributed by atoms with E-state index in [1.165, 1.54) is 6.42 Å². The Balaban J connectivity index is 2.32. The van der Waals surface area contributed by atoms with Gasteiger partial charge in [0.25, 0.3) is 0 Å². The summed E-state index contributed by atoms with van der Waals surface area (Å²) >= 11 is 0. The van der Waals surface area contributed by atoms with Crippen LogP contribution in [0.5, 0.6) is 0 Å². The van der Waals surface area contributed by atoms with Gasteiger partial charge in [-0.05, 0) is 12.8 Å². The Morgan fingerprint density at radius 3 is 3.00 bits per heavy atom. The van der Waals surface area contributed by atoms with Crippen LogP contribution in [-0.2, 0) is 0 Å². The molecule has 0 saturated heterocycles. The van der Waals surface area contributed by atoms with Crippen molar-refractivity contribution in [2.75, 3.05) is 26.2 Å². The van der Waals surface area contributed by atoms with Crippen molar-refractivity contribution in [1.82, 2.24) is 10.6 Å². The molecule has 0 spiro atoms. The van der Waals surface area contributed by atoms with Crippen LogP contribution >= 0.6 is 0 Å². The van der Waals surface area contributed by atoms with Gasteiger partial charge >= 0.3 is 0 Å². The van der Waals surface area contributed by atoms with Gasteiger partial charge in [0.1, 0.15) is 0 Å². The lowest BCUT2D eigenvalue weighted by Crippen LogP contribution is -2.42. The van der Waals surface area contributed by atoms with Crippen molar-refractivity contribution in [3.63, 3.8) is 0 Å². The van der Waals surface area contributed by atoms with Crippen molar-refractivity contribution in [2.45, 2.75) is 26.7 Å². The maximum Gasteiger partial charge on any atom is 0.191 e. The first kappa shape index (κ1) is 11.3. The predicted molar refractivity (Wildman–Crippen MR) is 58.4 cm³/mol. The quantitative estimate of drug-likeness (QED) is 0.614. The van der Waals surface area contributed by atoms with E-state index in [1.807, 2.05) is 13.8 Å². The normalized spacial score (nSPS) is 18.1. The molecular weight excluding hydrogens is 178 g/mol. The van der Waals surface area contributed by atoms with Gasteiger partial charge in [0, 0.05) is 31.7 Å². The molecule has 0 fully saturated rings. The fraction of sp³-hybridized carbons (Fsp3) is 0.900. The average molecular weight is 199 g/mol. The average Bonchev–Trinajstić information content (AvgIpc) is 2.43. The van der Waals surface area contributed by atoms with Crippen LogP contribution in [0.4, 0.5) is 0 Å². The van der Waals surface area contributed by atoms with Gasteiger partial charge in [-0.2, -0.15) is 0 Å². The summed E-state index contributed by atoms with van der Waals surface area (Å²) in [6.45, 7) is 6.87. The molecule has 4 heteroatoms. The minimum atomic E-state index is -0.0868. The highest BCUT2D eigenvalue weighted by atomic mass is 16.3. The molecule has 0 aromatic heterocycles. The number of nitrogens with one attached hydrogen (secondary N) is 2. The van der Waals surface area contributed by atoms with Gasteiger partial charge in [0.05, 0.1) is 0 Å². The summed E-state index contributed by atoms with van der Waals surface area (Å²) in [4.78, 5) is 4.37. The Kier molecular flexibility index (Phi) is 4.20. The molecule has 82 valence electrons. The zero-order valence-corrected chi connectivity index (χ0v) is 9.14. The van der Waals surface area contributed by atoms with E-state index < -0.39 is 0 Å². The minimum Gasteiger partial charge on any atom is -0.396 e. The molecule has 0 saturated carbocycles. The van der Waals surface area contributed by atoms with Gasteiger partial charge in [-0.1, -0.05) is 13.8 Å². The Hall–Kier alpha value is -0.770. The highest BCUT2D eigenvalue weighted by Crippen LogP contribution is 2.10. The molecule has 1 heterocycles. The van der Waals surface area contributed by atoms with E-state index in [0.29, 0.717) is 0 Å². The molecule has 0 amide bonds. The number of hydrogen-bond acceptors (Lipinski definition) is 4. The lowest BCUT2D eigenvalue weighted by molar-refractivity contribution is 0.162. The first-order chi connectivity index (χ1) is 6.64. The molecule has 0 bridgehead atoms. The molecule has 1 aliphatic heterocycles. The molecule has 0 aliphatic carbocycles. The maximum absolute atomic E-state index is 9.08. The van der Waals surface area contributed by atoms with Crippen LogP contribution in [0.3, 0.4) is 0 Å². The summed E-state index contributed by atoms with van der Waals surface area (Å²) in [5.74, 6) is 0.879. The number of rotatable bonds is 3. The summed E-state index contributed by atoms with van der Waals surface area (Å²) < 4.78 is 0. The number of hydrogen-bond donors (Lipinski definition) is 3. The van der Waals surface area contributed by atoms with E-state index in [1.54, 1.807) is 0 Å². The van der Waals surface area contributed by atoms with Crippen molar-refractivity contribution >= 4 is 5.96 Å². The number of aliphatic imine (C=N–C) groups is 1. The second kappa shape index (κ2) is 5.20. The summed E-state index contributed by atoms with van der Waals surface area (Å²) in [6.07, 6.45) is 2.33. The van der Waals surface area contributed by atoms with Crippen LogP contribution in [0.1, 0.15) is 26.7 Å². The van der Waals surface area contributed by atoms with Crippen molar-refractivity contribution in [3.8, 4) is 0 Å². The number of aliphatic hydroxyl groups is 1. The molecule has 0 aromatic carbocycles. The summed E-state index contributed by atoms with van der Waals surface area (Å²) in [5.41, 5.74) is -0.0868. The topological polar surface area (TPSA) is 56.6 Å². The van der Waals surface area contributed by atoms with Crippen molar-refractivity contribution in [3.05, 3.63) is 0 Å². The standard InChI is InChI=1S/C10H21N3O/c1-10(2,8-14)7-13-9-11-5-3-4-6-12-9/h14H,3-8H2,1-2H3,(H2,11,12,13). The number of guanidine groups is 1. The highest BCUT2D eigenvalue weighted by Gasteiger charge is 2.16. The second-order valence-electron chi connectivity index (χ2n) is 4.54.